The fraction of sp³-hybridized carbons (Fsp3) is 0.100. The number of carbonyl (C=O) groups is 3. The molecule has 2 N–H and O–H groups in total. The van der Waals surface area contributed by atoms with E-state index in [1.165, 1.54) is 6.08 Å². The Hall–Kier alpha value is -3.10. The molecule has 0 bridgehead atoms. The zero-order valence-electron chi connectivity index (χ0n) is 14.9. The summed E-state index contributed by atoms with van der Waals surface area (Å²) >= 11 is 6.67. The number of amides is 3. The Morgan fingerprint density at radius 1 is 1.24 bits per heavy atom. The number of furan rings is 1. The van der Waals surface area contributed by atoms with Gasteiger partial charge in [-0.25, -0.2) is 0 Å². The van der Waals surface area contributed by atoms with Gasteiger partial charge in [-0.1, -0.05) is 23.7 Å². The van der Waals surface area contributed by atoms with E-state index in [2.05, 4.69) is 15.6 Å². The summed E-state index contributed by atoms with van der Waals surface area (Å²) in [6, 6.07) is 8.94. The minimum Gasteiger partial charge on any atom is -0.456 e. The van der Waals surface area contributed by atoms with Gasteiger partial charge in [-0.15, -0.1) is 0 Å². The van der Waals surface area contributed by atoms with E-state index >= 15 is 0 Å². The molecule has 7 nitrogen and oxygen atoms in total. The highest BCUT2D eigenvalue weighted by Crippen LogP contribution is 2.29. The van der Waals surface area contributed by atoms with Gasteiger partial charge in [0, 0.05) is 41.0 Å². The first-order chi connectivity index (χ1) is 14.0. The lowest BCUT2D eigenvalue weighted by molar-refractivity contribution is -0.120. The largest absolute Gasteiger partial charge is 0.456 e. The zero-order chi connectivity index (χ0) is 20.4. The summed E-state index contributed by atoms with van der Waals surface area (Å²) < 4.78 is 5.81. The Bertz CT molecular complexity index is 1150. The number of pyridine rings is 1. The number of halogens is 1. The van der Waals surface area contributed by atoms with Crippen molar-refractivity contribution in [2.75, 3.05) is 0 Å². The van der Waals surface area contributed by atoms with Crippen molar-refractivity contribution in [3.63, 3.8) is 0 Å². The Kier molecular flexibility index (Phi) is 5.37. The lowest BCUT2D eigenvalue weighted by Crippen LogP contribution is -2.24. The van der Waals surface area contributed by atoms with Crippen molar-refractivity contribution in [1.82, 2.24) is 15.6 Å². The summed E-state index contributed by atoms with van der Waals surface area (Å²) in [6.07, 6.45) is 4.78. The zero-order valence-corrected chi connectivity index (χ0v) is 16.5. The second-order valence-corrected chi connectivity index (χ2v) is 7.75. The molecule has 0 aliphatic carbocycles. The Labute approximate surface area is 174 Å². The lowest BCUT2D eigenvalue weighted by atomic mass is 10.1. The Morgan fingerprint density at radius 3 is 2.76 bits per heavy atom. The van der Waals surface area contributed by atoms with E-state index in [4.69, 9.17) is 16.0 Å². The highest BCUT2D eigenvalue weighted by molar-refractivity contribution is 8.18. The highest BCUT2D eigenvalue weighted by atomic mass is 35.5. The first-order valence-electron chi connectivity index (χ1n) is 8.60. The van der Waals surface area contributed by atoms with Crippen LogP contribution in [0.4, 0.5) is 4.79 Å². The number of imide groups is 1. The van der Waals surface area contributed by atoms with Crippen molar-refractivity contribution < 1.29 is 18.8 Å². The van der Waals surface area contributed by atoms with E-state index in [1.807, 2.05) is 12.1 Å². The number of thioether (sulfide) groups is 1. The molecule has 0 unspecified atom stereocenters. The molecule has 3 heterocycles. The summed E-state index contributed by atoms with van der Waals surface area (Å²) in [5.74, 6) is -0.231. The molecule has 2 aromatic heterocycles. The van der Waals surface area contributed by atoms with Crippen LogP contribution in [0.15, 0.2) is 52.0 Å². The summed E-state index contributed by atoms with van der Waals surface area (Å²) in [5.41, 5.74) is 2.08. The third kappa shape index (κ3) is 4.49. The van der Waals surface area contributed by atoms with Crippen LogP contribution in [-0.2, 0) is 22.6 Å². The van der Waals surface area contributed by atoms with Crippen LogP contribution in [0.2, 0.25) is 5.02 Å². The molecule has 3 amide bonds. The number of nitrogens with one attached hydrogen (secondary N) is 2. The third-order valence-electron chi connectivity index (χ3n) is 4.18. The van der Waals surface area contributed by atoms with Gasteiger partial charge in [-0.3, -0.25) is 24.7 Å². The molecule has 29 heavy (non-hydrogen) atoms. The molecule has 1 saturated heterocycles. The molecule has 1 aromatic carbocycles. The third-order valence-corrected chi connectivity index (χ3v) is 5.25. The molecule has 9 heteroatoms. The number of aromatic nitrogens is 1. The summed E-state index contributed by atoms with van der Waals surface area (Å²) in [7, 11) is 0. The number of hydrogen-bond acceptors (Lipinski definition) is 6. The fourth-order valence-electron chi connectivity index (χ4n) is 2.82. The number of benzene rings is 1. The SMILES string of the molecule is O=C(Cc1cncc2cc(/C=C3\SC(=O)NC3=O)oc12)NCc1ccc(Cl)cc1. The quantitative estimate of drug-likeness (QED) is 0.602. The lowest BCUT2D eigenvalue weighted by Gasteiger charge is -2.06. The smallest absolute Gasteiger partial charge is 0.290 e. The summed E-state index contributed by atoms with van der Waals surface area (Å²) in [4.78, 5) is 39.7. The summed E-state index contributed by atoms with van der Waals surface area (Å²) in [5, 5.41) is 5.96. The van der Waals surface area contributed by atoms with E-state index in [0.29, 0.717) is 33.9 Å². The fourth-order valence-corrected chi connectivity index (χ4v) is 3.61. The minimum atomic E-state index is -0.458. The van der Waals surface area contributed by atoms with Crippen molar-refractivity contribution >= 4 is 57.5 Å². The van der Waals surface area contributed by atoms with Crippen LogP contribution < -0.4 is 10.6 Å². The van der Waals surface area contributed by atoms with Crippen LogP contribution in [0.3, 0.4) is 0 Å². The number of fused-ring (bicyclic) bond motifs is 1. The standard InChI is InChI=1S/C20H14ClN3O4S/c21-14-3-1-11(2-4-14)8-23-17(25)6-13-10-22-9-12-5-15(28-18(12)13)7-16-19(26)24-20(27)29-16/h1-5,7,9-10H,6,8H2,(H,23,25)(H,24,26,27)/b16-7-. The molecule has 4 rings (SSSR count). The molecule has 0 spiro atoms. The van der Waals surface area contributed by atoms with Gasteiger partial charge in [0.15, 0.2) is 0 Å². The van der Waals surface area contributed by atoms with E-state index in [1.54, 1.807) is 30.6 Å². The van der Waals surface area contributed by atoms with Gasteiger partial charge in [0.05, 0.1) is 11.3 Å². The maximum absolute atomic E-state index is 12.3. The van der Waals surface area contributed by atoms with Gasteiger partial charge in [0.2, 0.25) is 5.91 Å². The molecule has 0 radical (unpaired) electrons. The number of hydrogen-bond donors (Lipinski definition) is 2. The van der Waals surface area contributed by atoms with Crippen LogP contribution in [0.25, 0.3) is 17.0 Å². The molecule has 0 saturated carbocycles. The van der Waals surface area contributed by atoms with Crippen molar-refractivity contribution in [3.8, 4) is 0 Å². The van der Waals surface area contributed by atoms with E-state index < -0.39 is 11.1 Å². The topological polar surface area (TPSA) is 101 Å². The van der Waals surface area contributed by atoms with Crippen LogP contribution in [0.1, 0.15) is 16.9 Å². The van der Waals surface area contributed by atoms with E-state index in [-0.39, 0.29) is 17.2 Å². The highest BCUT2D eigenvalue weighted by Gasteiger charge is 2.25. The average Bonchev–Trinajstić information content (AvgIpc) is 3.24. The van der Waals surface area contributed by atoms with Gasteiger partial charge < -0.3 is 9.73 Å². The monoisotopic (exact) mass is 427 g/mol. The normalized spacial score (nSPS) is 15.1. The van der Waals surface area contributed by atoms with E-state index in [9.17, 15) is 14.4 Å². The van der Waals surface area contributed by atoms with Gasteiger partial charge in [0.1, 0.15) is 11.3 Å². The maximum atomic E-state index is 12.3. The van der Waals surface area contributed by atoms with Crippen LogP contribution in [-0.4, -0.2) is 22.0 Å². The molecular formula is C20H14ClN3O4S. The Morgan fingerprint density at radius 2 is 2.03 bits per heavy atom. The van der Waals surface area contributed by atoms with E-state index in [0.717, 1.165) is 17.3 Å². The molecule has 1 aliphatic rings. The van der Waals surface area contributed by atoms with Crippen LogP contribution in [0, 0.1) is 0 Å². The van der Waals surface area contributed by atoms with Gasteiger partial charge >= 0.3 is 0 Å². The molecular weight excluding hydrogens is 414 g/mol. The molecule has 1 fully saturated rings. The van der Waals surface area contributed by atoms with Crippen molar-refractivity contribution in [2.24, 2.45) is 0 Å². The Balaban J connectivity index is 1.49. The predicted molar refractivity (Wildman–Crippen MR) is 110 cm³/mol. The second kappa shape index (κ2) is 8.10. The van der Waals surface area contributed by atoms with Crippen molar-refractivity contribution in [2.45, 2.75) is 13.0 Å². The van der Waals surface area contributed by atoms with Gasteiger partial charge in [-0.2, -0.15) is 0 Å². The number of nitrogens with zero attached hydrogens (tertiary/aromatic N) is 1. The second-order valence-electron chi connectivity index (χ2n) is 6.30. The average molecular weight is 428 g/mol. The maximum Gasteiger partial charge on any atom is 0.290 e. The van der Waals surface area contributed by atoms with Crippen LogP contribution >= 0.6 is 23.4 Å². The minimum absolute atomic E-state index is 0.0924. The molecule has 146 valence electrons. The van der Waals surface area contributed by atoms with Crippen molar-refractivity contribution in [1.29, 1.82) is 0 Å². The molecule has 3 aromatic rings. The molecule has 0 atom stereocenters. The van der Waals surface area contributed by atoms with Gasteiger partial charge in [0.25, 0.3) is 11.1 Å². The predicted octanol–water partition coefficient (Wildman–Crippen LogP) is 3.66. The van der Waals surface area contributed by atoms with Crippen LogP contribution in [0.5, 0.6) is 0 Å². The number of carbonyl (C=O) groups excluding carboxylic acids is 3. The first kappa shape index (κ1) is 19.2. The first-order valence-corrected chi connectivity index (χ1v) is 9.80. The number of rotatable bonds is 5. The summed E-state index contributed by atoms with van der Waals surface area (Å²) in [6.45, 7) is 0.384. The molecule has 1 aliphatic heterocycles. The van der Waals surface area contributed by atoms with Crippen molar-refractivity contribution in [3.05, 3.63) is 69.5 Å². The van der Waals surface area contributed by atoms with Gasteiger partial charge in [-0.05, 0) is 35.5 Å².